The van der Waals surface area contributed by atoms with Crippen molar-refractivity contribution in [2.24, 2.45) is 0 Å². The molecule has 0 bridgehead atoms. The number of rotatable bonds is 5. The molecule has 0 amide bonds. The number of hydrogen-bond acceptors (Lipinski definition) is 5. The van der Waals surface area contributed by atoms with Crippen molar-refractivity contribution in [3.8, 4) is 0 Å². The molecule has 7 heteroatoms. The molecule has 0 aliphatic rings. The van der Waals surface area contributed by atoms with Gasteiger partial charge in [-0.1, -0.05) is 26.6 Å². The first-order valence-electron chi connectivity index (χ1n) is 5.55. The first kappa shape index (κ1) is 13.3. The van der Waals surface area contributed by atoms with E-state index in [-0.39, 0.29) is 0 Å². The quantitative estimate of drug-likeness (QED) is 0.767. The summed E-state index contributed by atoms with van der Waals surface area (Å²) >= 11 is 0. The molecule has 0 radical (unpaired) electrons. The molecule has 1 heterocycles. The fourth-order valence-electron chi connectivity index (χ4n) is 1.18. The van der Waals surface area contributed by atoms with Gasteiger partial charge in [0.2, 0.25) is 5.95 Å². The zero-order valence-electron chi connectivity index (χ0n) is 10.4. The van der Waals surface area contributed by atoms with Crippen molar-refractivity contribution in [1.82, 2.24) is 15.0 Å². The highest BCUT2D eigenvalue weighted by molar-refractivity contribution is 6.79. The number of anilines is 1. The number of nitrogens with one attached hydrogen (secondary N) is 1. The summed E-state index contributed by atoms with van der Waals surface area (Å²) in [5.41, 5.74) is 0. The third kappa shape index (κ3) is 4.82. The smallest absolute Gasteiger partial charge is 0.217 e. The molecule has 0 saturated heterocycles. The van der Waals surface area contributed by atoms with Gasteiger partial charge < -0.3 is 9.78 Å². The van der Waals surface area contributed by atoms with Crippen LogP contribution in [0, 0.1) is 0 Å². The second kappa shape index (κ2) is 5.51. The van der Waals surface area contributed by atoms with E-state index >= 15 is 0 Å². The van der Waals surface area contributed by atoms with E-state index in [1.165, 1.54) is 6.33 Å². The molecule has 90 valence electrons. The summed E-state index contributed by atoms with van der Waals surface area (Å²) in [5, 5.41) is 0. The van der Waals surface area contributed by atoms with E-state index in [1.807, 2.05) is 6.92 Å². The summed E-state index contributed by atoms with van der Waals surface area (Å²) in [6.45, 7) is 8.56. The maximum atomic E-state index is 9.66. The zero-order valence-corrected chi connectivity index (χ0v) is 12.5. The molecule has 0 spiro atoms. The van der Waals surface area contributed by atoms with Crippen molar-refractivity contribution in [3.63, 3.8) is 0 Å². The first-order valence-corrected chi connectivity index (χ1v) is 11.2. The van der Waals surface area contributed by atoms with Crippen LogP contribution < -0.4 is 4.98 Å². The van der Waals surface area contributed by atoms with Crippen molar-refractivity contribution < 1.29 is 4.80 Å². The Morgan fingerprint density at radius 2 is 2.06 bits per heavy atom. The van der Waals surface area contributed by atoms with Crippen LogP contribution in [-0.4, -0.2) is 37.0 Å². The maximum absolute atomic E-state index is 9.66. The summed E-state index contributed by atoms with van der Waals surface area (Å²) in [6, 6.07) is 1.47. The Morgan fingerprint density at radius 1 is 1.38 bits per heavy atom. The van der Waals surface area contributed by atoms with Gasteiger partial charge in [-0.3, -0.25) is 0 Å². The second-order valence-electron chi connectivity index (χ2n) is 4.87. The standard InChI is InChI=1S/C9H20N4OSi2/c1-5-15(14)6-8-10-7-11-9(12-8)13-16(2,3)4/h7,14-15H,5-6H2,1-4H3,(H,10,11,12,13). The summed E-state index contributed by atoms with van der Waals surface area (Å²) in [6.07, 6.45) is 1.52. The molecule has 5 nitrogen and oxygen atoms in total. The van der Waals surface area contributed by atoms with E-state index in [0.717, 1.165) is 6.04 Å². The average Bonchev–Trinajstić information content (AvgIpc) is 2.15. The second-order valence-corrected chi connectivity index (χ2v) is 12.1. The Labute approximate surface area is 99.2 Å². The van der Waals surface area contributed by atoms with Gasteiger partial charge in [0, 0.05) is 6.04 Å². The lowest BCUT2D eigenvalue weighted by atomic mass is 10.7. The lowest BCUT2D eigenvalue weighted by Gasteiger charge is -2.17. The molecule has 1 aromatic rings. The number of nitrogens with zero attached hydrogens (tertiary/aromatic N) is 3. The van der Waals surface area contributed by atoms with Gasteiger partial charge in [0.25, 0.3) is 0 Å². The van der Waals surface area contributed by atoms with E-state index in [2.05, 4.69) is 39.6 Å². The van der Waals surface area contributed by atoms with Crippen LogP contribution >= 0.6 is 0 Å². The monoisotopic (exact) mass is 256 g/mol. The number of hydrogen-bond donors (Lipinski definition) is 2. The van der Waals surface area contributed by atoms with Gasteiger partial charge in [-0.25, -0.2) is 9.97 Å². The molecule has 2 N–H and O–H groups in total. The van der Waals surface area contributed by atoms with Crippen molar-refractivity contribution in [2.45, 2.75) is 38.7 Å². The maximum Gasteiger partial charge on any atom is 0.217 e. The van der Waals surface area contributed by atoms with Gasteiger partial charge in [-0.15, -0.1) is 0 Å². The Bertz CT molecular complexity index is 343. The van der Waals surface area contributed by atoms with Crippen LogP contribution in [0.5, 0.6) is 0 Å². The molecular formula is C9H20N4OSi2. The summed E-state index contributed by atoms with van der Waals surface area (Å²) in [5.74, 6) is 1.35. The number of aromatic nitrogens is 3. The predicted molar refractivity (Wildman–Crippen MR) is 70.3 cm³/mol. The van der Waals surface area contributed by atoms with Crippen molar-refractivity contribution >= 4 is 23.2 Å². The van der Waals surface area contributed by atoms with E-state index < -0.39 is 17.3 Å². The van der Waals surface area contributed by atoms with Crippen LogP contribution in [0.15, 0.2) is 6.33 Å². The lowest BCUT2D eigenvalue weighted by molar-refractivity contribution is 0.565. The van der Waals surface area contributed by atoms with Crippen LogP contribution in [0.4, 0.5) is 5.95 Å². The molecule has 0 fully saturated rings. The minimum atomic E-state index is -1.65. The Kier molecular flexibility index (Phi) is 4.57. The minimum absolute atomic E-state index is 0.624. The van der Waals surface area contributed by atoms with Crippen LogP contribution in [-0.2, 0) is 6.04 Å². The van der Waals surface area contributed by atoms with Crippen LogP contribution in [0.25, 0.3) is 0 Å². The molecule has 0 aromatic carbocycles. The normalized spacial score (nSPS) is 13.6. The largest absolute Gasteiger partial charge is 0.434 e. The van der Waals surface area contributed by atoms with Gasteiger partial charge in [-0.2, -0.15) is 4.98 Å². The lowest BCUT2D eigenvalue weighted by Crippen LogP contribution is -2.33. The fraction of sp³-hybridized carbons (Fsp3) is 0.667. The van der Waals surface area contributed by atoms with Gasteiger partial charge in [0.15, 0.2) is 9.04 Å². The van der Waals surface area contributed by atoms with Gasteiger partial charge in [-0.05, 0) is 6.04 Å². The van der Waals surface area contributed by atoms with Crippen molar-refractivity contribution in [3.05, 3.63) is 12.2 Å². The average molecular weight is 256 g/mol. The first-order chi connectivity index (χ1) is 7.40. The highest BCUT2D eigenvalue weighted by Gasteiger charge is 2.15. The molecule has 0 aliphatic carbocycles. The molecule has 1 unspecified atom stereocenters. The van der Waals surface area contributed by atoms with Crippen molar-refractivity contribution in [1.29, 1.82) is 0 Å². The van der Waals surface area contributed by atoms with Crippen molar-refractivity contribution in [2.75, 3.05) is 4.98 Å². The molecule has 1 rings (SSSR count). The Hall–Kier alpha value is -0.796. The summed E-state index contributed by atoms with van der Waals surface area (Å²) < 4.78 is 0. The van der Waals surface area contributed by atoms with E-state index in [1.54, 1.807) is 0 Å². The zero-order chi connectivity index (χ0) is 12.2. The minimum Gasteiger partial charge on any atom is -0.434 e. The molecular weight excluding hydrogens is 236 g/mol. The third-order valence-electron chi connectivity index (χ3n) is 2.00. The van der Waals surface area contributed by atoms with E-state index in [0.29, 0.717) is 17.8 Å². The predicted octanol–water partition coefficient (Wildman–Crippen LogP) is 0.936. The van der Waals surface area contributed by atoms with Gasteiger partial charge >= 0.3 is 0 Å². The van der Waals surface area contributed by atoms with Crippen LogP contribution in [0.1, 0.15) is 12.7 Å². The third-order valence-corrected chi connectivity index (χ3v) is 4.75. The highest BCUT2D eigenvalue weighted by atomic mass is 28.3. The fourth-order valence-corrected chi connectivity index (χ4v) is 2.88. The Balaban J connectivity index is 2.71. The summed E-state index contributed by atoms with van der Waals surface area (Å²) in [4.78, 5) is 25.5. The van der Waals surface area contributed by atoms with Crippen LogP contribution in [0.3, 0.4) is 0 Å². The van der Waals surface area contributed by atoms with E-state index in [4.69, 9.17) is 0 Å². The molecule has 0 saturated carbocycles. The van der Waals surface area contributed by atoms with Crippen LogP contribution in [0.2, 0.25) is 25.7 Å². The Morgan fingerprint density at radius 3 is 2.62 bits per heavy atom. The summed E-state index contributed by atoms with van der Waals surface area (Å²) in [7, 11) is -3.07. The highest BCUT2D eigenvalue weighted by Crippen LogP contribution is 2.06. The van der Waals surface area contributed by atoms with E-state index in [9.17, 15) is 4.80 Å². The molecule has 16 heavy (non-hydrogen) atoms. The molecule has 1 aromatic heterocycles. The molecule has 1 atom stereocenters. The van der Waals surface area contributed by atoms with Gasteiger partial charge in [0.05, 0.1) is 0 Å². The molecule has 0 aliphatic heterocycles. The topological polar surface area (TPSA) is 70.9 Å². The van der Waals surface area contributed by atoms with Gasteiger partial charge in [0.1, 0.15) is 20.4 Å². The SMILES string of the molecule is CC[SiH](O)Cc1ncnc(N[Si](C)(C)C)n1.